The molecular weight excluding hydrogens is 498 g/mol. The average Bonchev–Trinajstić information content (AvgIpc) is 3.45. The number of hydrogen-bond acceptors (Lipinski definition) is 5. The smallest absolute Gasteiger partial charge is 0.266 e. The first-order valence-corrected chi connectivity index (χ1v) is 13.4. The first-order chi connectivity index (χ1) is 18.0. The summed E-state index contributed by atoms with van der Waals surface area (Å²) in [4.78, 5) is 15.6. The van der Waals surface area contributed by atoms with Gasteiger partial charge in [-0.25, -0.2) is 4.68 Å². The number of benzene rings is 3. The van der Waals surface area contributed by atoms with Crippen LogP contribution in [0.5, 0.6) is 5.75 Å². The fraction of sp³-hybridized carbons (Fsp3) is 0.167. The third-order valence-corrected chi connectivity index (χ3v) is 7.39. The minimum atomic E-state index is -0.0863. The molecule has 37 heavy (non-hydrogen) atoms. The lowest BCUT2D eigenvalue weighted by Gasteiger charge is -2.14. The third-order valence-electron chi connectivity index (χ3n) is 6.02. The molecule has 1 fully saturated rings. The van der Waals surface area contributed by atoms with Gasteiger partial charge in [-0.3, -0.25) is 9.69 Å². The highest BCUT2D eigenvalue weighted by atomic mass is 32.2. The number of thioether (sulfide) groups is 1. The zero-order valence-electron chi connectivity index (χ0n) is 20.8. The van der Waals surface area contributed by atoms with Gasteiger partial charge in [-0.1, -0.05) is 79.4 Å². The molecule has 0 unspecified atom stereocenters. The number of nitrogens with zero attached hydrogens (tertiary/aromatic N) is 3. The number of aryl methyl sites for hydroxylation is 1. The molecule has 5 nitrogen and oxygen atoms in total. The molecule has 0 spiro atoms. The molecule has 7 heteroatoms. The monoisotopic (exact) mass is 525 g/mol. The second-order valence-corrected chi connectivity index (χ2v) is 10.5. The lowest BCUT2D eigenvalue weighted by molar-refractivity contribution is -0.122. The summed E-state index contributed by atoms with van der Waals surface area (Å²) in [5.74, 6) is 0.785. The van der Waals surface area contributed by atoms with Gasteiger partial charge in [0.25, 0.3) is 5.91 Å². The van der Waals surface area contributed by atoms with Crippen molar-refractivity contribution < 1.29 is 9.53 Å². The van der Waals surface area contributed by atoms with Crippen molar-refractivity contribution in [2.75, 3.05) is 6.61 Å². The van der Waals surface area contributed by atoms with E-state index < -0.39 is 0 Å². The molecule has 1 aromatic heterocycles. The summed E-state index contributed by atoms with van der Waals surface area (Å²) in [6.07, 6.45) is 4.82. The average molecular weight is 526 g/mol. The normalized spacial score (nSPS) is 14.5. The van der Waals surface area contributed by atoms with Crippen LogP contribution >= 0.6 is 24.0 Å². The lowest BCUT2D eigenvalue weighted by Crippen LogP contribution is -2.27. The van der Waals surface area contributed by atoms with Gasteiger partial charge in [0.15, 0.2) is 0 Å². The molecule has 5 rings (SSSR count). The van der Waals surface area contributed by atoms with E-state index in [1.807, 2.05) is 96.7 Å². The summed E-state index contributed by atoms with van der Waals surface area (Å²) in [7, 11) is 0. The molecule has 4 aromatic rings. The van der Waals surface area contributed by atoms with Gasteiger partial charge < -0.3 is 4.74 Å². The van der Waals surface area contributed by atoms with Crippen LogP contribution in [-0.2, 0) is 11.3 Å². The van der Waals surface area contributed by atoms with E-state index in [1.54, 1.807) is 4.90 Å². The van der Waals surface area contributed by atoms with Crippen LogP contribution in [0.15, 0.2) is 90.0 Å². The van der Waals surface area contributed by atoms with Gasteiger partial charge in [-0.2, -0.15) is 5.10 Å². The Hall–Kier alpha value is -3.68. The van der Waals surface area contributed by atoms with E-state index in [0.29, 0.717) is 22.4 Å². The van der Waals surface area contributed by atoms with Gasteiger partial charge in [0.05, 0.1) is 23.7 Å². The number of amides is 1. The Morgan fingerprint density at radius 3 is 2.46 bits per heavy atom. The number of hydrogen-bond donors (Lipinski definition) is 0. The quantitative estimate of drug-likeness (QED) is 0.182. The Labute approximate surface area is 226 Å². The van der Waals surface area contributed by atoms with Gasteiger partial charge in [-0.05, 0) is 60.9 Å². The maximum absolute atomic E-state index is 13.4. The van der Waals surface area contributed by atoms with Crippen molar-refractivity contribution in [3.05, 3.63) is 107 Å². The summed E-state index contributed by atoms with van der Waals surface area (Å²) >= 11 is 6.91. The number of para-hydroxylation sites is 1. The van der Waals surface area contributed by atoms with Crippen molar-refractivity contribution in [3.63, 3.8) is 0 Å². The molecular formula is C30H27N3O2S2. The van der Waals surface area contributed by atoms with E-state index in [-0.39, 0.29) is 5.91 Å². The van der Waals surface area contributed by atoms with Gasteiger partial charge >= 0.3 is 0 Å². The van der Waals surface area contributed by atoms with Gasteiger partial charge in [0.1, 0.15) is 15.8 Å². The van der Waals surface area contributed by atoms with Crippen LogP contribution in [0.25, 0.3) is 23.0 Å². The number of thiocarbonyl (C=S) groups is 1. The molecule has 0 N–H and O–H groups in total. The summed E-state index contributed by atoms with van der Waals surface area (Å²) in [6.45, 7) is 5.27. The zero-order valence-corrected chi connectivity index (χ0v) is 22.4. The molecule has 0 saturated carbocycles. The van der Waals surface area contributed by atoms with Crippen LogP contribution in [0.2, 0.25) is 0 Å². The fourth-order valence-electron chi connectivity index (χ4n) is 4.14. The lowest BCUT2D eigenvalue weighted by atomic mass is 10.0. The predicted octanol–water partition coefficient (Wildman–Crippen LogP) is 7.04. The van der Waals surface area contributed by atoms with Crippen molar-refractivity contribution in [1.82, 2.24) is 14.7 Å². The summed E-state index contributed by atoms with van der Waals surface area (Å²) in [5.41, 5.74) is 5.63. The summed E-state index contributed by atoms with van der Waals surface area (Å²) < 4.78 is 8.28. The Bertz CT molecular complexity index is 1460. The maximum Gasteiger partial charge on any atom is 0.266 e. The number of rotatable bonds is 8. The van der Waals surface area contributed by atoms with E-state index in [9.17, 15) is 4.79 Å². The van der Waals surface area contributed by atoms with Crippen molar-refractivity contribution in [2.24, 2.45) is 0 Å². The van der Waals surface area contributed by atoms with Crippen LogP contribution in [0.3, 0.4) is 0 Å². The second kappa shape index (κ2) is 11.2. The molecule has 0 atom stereocenters. The molecule has 1 saturated heterocycles. The van der Waals surface area contributed by atoms with Gasteiger partial charge in [0.2, 0.25) is 0 Å². The van der Waals surface area contributed by atoms with E-state index >= 15 is 0 Å². The van der Waals surface area contributed by atoms with E-state index in [2.05, 4.69) is 13.0 Å². The molecule has 3 aromatic carbocycles. The minimum Gasteiger partial charge on any atom is -0.493 e. The van der Waals surface area contributed by atoms with Crippen LogP contribution in [0.4, 0.5) is 0 Å². The number of carbonyl (C=O) groups is 1. The van der Waals surface area contributed by atoms with E-state index in [0.717, 1.165) is 45.8 Å². The van der Waals surface area contributed by atoms with Gasteiger partial charge in [-0.15, -0.1) is 0 Å². The molecule has 1 aliphatic heterocycles. The van der Waals surface area contributed by atoms with Crippen LogP contribution < -0.4 is 4.74 Å². The first-order valence-electron chi connectivity index (χ1n) is 12.2. The van der Waals surface area contributed by atoms with Crippen LogP contribution in [-0.4, -0.2) is 31.5 Å². The molecule has 1 aliphatic rings. The first kappa shape index (κ1) is 25.0. The van der Waals surface area contributed by atoms with E-state index in [4.69, 9.17) is 22.1 Å². The number of carbonyl (C=O) groups excluding carboxylic acids is 1. The Kier molecular flexibility index (Phi) is 7.53. The van der Waals surface area contributed by atoms with Crippen molar-refractivity contribution >= 4 is 40.3 Å². The van der Waals surface area contributed by atoms with Crippen molar-refractivity contribution in [1.29, 1.82) is 0 Å². The SMILES string of the molecule is CCCOc1ccc(-c2nn(-c3ccccc3)cc2/C=C2\SC(=S)N(Cc3ccccc3)C2=O)cc1C. The van der Waals surface area contributed by atoms with Gasteiger partial charge in [0, 0.05) is 17.3 Å². The van der Waals surface area contributed by atoms with Crippen molar-refractivity contribution in [2.45, 2.75) is 26.8 Å². The fourth-order valence-corrected chi connectivity index (χ4v) is 5.39. The maximum atomic E-state index is 13.4. The highest BCUT2D eigenvalue weighted by Gasteiger charge is 2.32. The summed E-state index contributed by atoms with van der Waals surface area (Å²) in [6, 6.07) is 25.9. The van der Waals surface area contributed by atoms with Crippen LogP contribution in [0, 0.1) is 6.92 Å². The minimum absolute atomic E-state index is 0.0863. The highest BCUT2D eigenvalue weighted by Crippen LogP contribution is 2.36. The number of ether oxygens (including phenoxy) is 1. The molecule has 2 heterocycles. The summed E-state index contributed by atoms with van der Waals surface area (Å²) in [5, 5.41) is 4.92. The predicted molar refractivity (Wildman–Crippen MR) is 155 cm³/mol. The Balaban J connectivity index is 1.52. The molecule has 186 valence electrons. The molecule has 0 radical (unpaired) electrons. The third kappa shape index (κ3) is 5.53. The zero-order chi connectivity index (χ0) is 25.8. The largest absolute Gasteiger partial charge is 0.493 e. The van der Waals surface area contributed by atoms with Crippen LogP contribution in [0.1, 0.15) is 30.0 Å². The second-order valence-electron chi connectivity index (χ2n) is 8.80. The molecule has 0 bridgehead atoms. The van der Waals surface area contributed by atoms with Crippen molar-refractivity contribution in [3.8, 4) is 22.7 Å². The Morgan fingerprint density at radius 1 is 1.03 bits per heavy atom. The molecule has 0 aliphatic carbocycles. The Morgan fingerprint density at radius 2 is 1.76 bits per heavy atom. The number of aromatic nitrogens is 2. The highest BCUT2D eigenvalue weighted by molar-refractivity contribution is 8.26. The topological polar surface area (TPSA) is 47.4 Å². The standard InChI is InChI=1S/C30H27N3O2S2/c1-3-16-35-26-15-14-23(17-21(26)2)28-24(20-33(31-28)25-12-8-5-9-13-25)18-27-29(34)32(30(36)37-27)19-22-10-6-4-7-11-22/h4-15,17-18,20H,3,16,19H2,1-2H3/b27-18-. The van der Waals surface area contributed by atoms with E-state index in [1.165, 1.54) is 11.8 Å². The molecule has 1 amide bonds.